The minimum Gasteiger partial charge on any atom is -0.206 e. The molecule has 0 heterocycles. The van der Waals surface area contributed by atoms with Gasteiger partial charge < -0.3 is 0 Å². The highest BCUT2D eigenvalue weighted by molar-refractivity contribution is 5.50. The van der Waals surface area contributed by atoms with Crippen LogP contribution in [0.25, 0.3) is 0 Å². The molecule has 0 aromatic heterocycles. The molecule has 4 aromatic carbocycles. The lowest BCUT2D eigenvalue weighted by Gasteiger charge is -2.21. The third kappa shape index (κ3) is 11.5. The zero-order chi connectivity index (χ0) is 37.0. The maximum absolute atomic E-state index is 14.4. The Hall–Kier alpha value is -5.02. The minimum atomic E-state index is -0.284. The maximum Gasteiger partial charge on any atom is 0.140 e. The molecule has 0 N–H and O–H groups in total. The van der Waals surface area contributed by atoms with Crippen molar-refractivity contribution in [3.05, 3.63) is 140 Å². The highest BCUT2D eigenvalue weighted by atomic mass is 19.1. The van der Waals surface area contributed by atoms with E-state index in [1.807, 2.05) is 37.3 Å². The molecule has 2 aliphatic carbocycles. The molecule has 0 aliphatic heterocycles. The van der Waals surface area contributed by atoms with Crippen LogP contribution in [-0.2, 0) is 0 Å². The van der Waals surface area contributed by atoms with Crippen LogP contribution < -0.4 is 0 Å². The zero-order valence-electron chi connectivity index (χ0n) is 31.7. The van der Waals surface area contributed by atoms with Crippen LogP contribution in [0.1, 0.15) is 121 Å². The summed E-state index contributed by atoms with van der Waals surface area (Å²) in [5, 5.41) is 0. The third-order valence-corrected chi connectivity index (χ3v) is 10.4. The maximum atomic E-state index is 14.4. The summed E-state index contributed by atoms with van der Waals surface area (Å²) in [5.41, 5.74) is 9.05. The fourth-order valence-corrected chi connectivity index (χ4v) is 6.61. The Morgan fingerprint density at radius 2 is 0.865 bits per heavy atom. The molecule has 52 heavy (non-hydrogen) atoms. The second-order valence-electron chi connectivity index (χ2n) is 15.0. The summed E-state index contributed by atoms with van der Waals surface area (Å²) in [6.45, 7) is 12.8. The van der Waals surface area contributed by atoms with Gasteiger partial charge in [-0.15, -0.1) is 0 Å². The summed E-state index contributed by atoms with van der Waals surface area (Å²) >= 11 is 0. The monoisotopic (exact) mass is 688 g/mol. The van der Waals surface area contributed by atoms with E-state index in [9.17, 15) is 8.78 Å². The molecule has 2 aliphatic rings. The number of hydrogen-bond acceptors (Lipinski definition) is 0. The number of aryl methyl sites for hydroxylation is 4. The van der Waals surface area contributed by atoms with E-state index in [0.29, 0.717) is 34.1 Å². The molecular weight excluding hydrogens is 639 g/mol. The van der Waals surface area contributed by atoms with Crippen LogP contribution in [-0.4, -0.2) is 0 Å². The molecule has 0 amide bonds. The molecule has 0 atom stereocenters. The largest absolute Gasteiger partial charge is 0.206 e. The first-order valence-corrected chi connectivity index (χ1v) is 18.8. The molecule has 264 valence electrons. The number of hydrogen-bond donors (Lipinski definition) is 0. The van der Waals surface area contributed by atoms with Gasteiger partial charge in [0.25, 0.3) is 0 Å². The van der Waals surface area contributed by atoms with Crippen molar-refractivity contribution in [1.82, 2.24) is 0 Å². The van der Waals surface area contributed by atoms with Crippen LogP contribution in [0.15, 0.2) is 72.8 Å². The quantitative estimate of drug-likeness (QED) is 0.161. The molecule has 2 saturated carbocycles. The summed E-state index contributed by atoms with van der Waals surface area (Å²) in [4.78, 5) is 0. The van der Waals surface area contributed by atoms with Gasteiger partial charge in [0.1, 0.15) is 11.6 Å². The first-order chi connectivity index (χ1) is 25.0. The molecule has 2 fully saturated rings. The molecule has 2 heteroatoms. The average Bonchev–Trinajstić information content (AvgIpc) is 3.12. The Bertz CT molecular complexity index is 2120. The lowest BCUT2D eigenvalue weighted by atomic mass is 9.83. The van der Waals surface area contributed by atoms with Gasteiger partial charge in [0.15, 0.2) is 0 Å². The highest BCUT2D eigenvalue weighted by Crippen LogP contribution is 2.29. The van der Waals surface area contributed by atoms with Crippen LogP contribution in [0, 0.1) is 110 Å². The van der Waals surface area contributed by atoms with Gasteiger partial charge in [-0.05, 0) is 162 Å². The van der Waals surface area contributed by atoms with Gasteiger partial charge in [0.2, 0.25) is 0 Å². The van der Waals surface area contributed by atoms with Crippen LogP contribution in [0.3, 0.4) is 0 Å². The molecule has 0 saturated heterocycles. The van der Waals surface area contributed by atoms with Crippen LogP contribution >= 0.6 is 0 Å². The smallest absolute Gasteiger partial charge is 0.140 e. The van der Waals surface area contributed by atoms with Gasteiger partial charge >= 0.3 is 0 Å². The Balaban J connectivity index is 0.000000201. The predicted molar refractivity (Wildman–Crippen MR) is 213 cm³/mol. The fraction of sp³-hybridized carbons (Fsp3) is 0.360. The van der Waals surface area contributed by atoms with Crippen LogP contribution in [0.5, 0.6) is 0 Å². The molecular formula is C50H50F2. The van der Waals surface area contributed by atoms with Crippen molar-refractivity contribution < 1.29 is 8.78 Å². The Kier molecular flexibility index (Phi) is 13.6. The fourth-order valence-electron chi connectivity index (χ4n) is 6.61. The highest BCUT2D eigenvalue weighted by Gasteiger charge is 2.17. The van der Waals surface area contributed by atoms with Crippen molar-refractivity contribution in [3.63, 3.8) is 0 Å². The average molecular weight is 689 g/mol. The summed E-state index contributed by atoms with van der Waals surface area (Å²) in [6, 6.07) is 22.5. The van der Waals surface area contributed by atoms with Crippen molar-refractivity contribution >= 4 is 0 Å². The summed E-state index contributed by atoms with van der Waals surface area (Å²) in [7, 11) is 0. The van der Waals surface area contributed by atoms with Gasteiger partial charge in [-0.3, -0.25) is 0 Å². The van der Waals surface area contributed by atoms with Crippen molar-refractivity contribution in [2.75, 3.05) is 0 Å². The normalized spacial score (nSPS) is 19.1. The van der Waals surface area contributed by atoms with E-state index in [2.05, 4.69) is 100 Å². The van der Waals surface area contributed by atoms with E-state index in [4.69, 9.17) is 0 Å². The van der Waals surface area contributed by atoms with E-state index < -0.39 is 0 Å². The Morgan fingerprint density at radius 1 is 0.423 bits per heavy atom. The number of benzene rings is 4. The standard InChI is InChI=1S/2C25H25F/c1-18-4-7-21(8-5-18)9-14-24-15-11-22(17-25(24)26)10-13-23-12-6-19(2)16-20(23)3;1-18-4-7-21(8-5-18)12-14-24-15-13-23(17-25(24)26)11-10-22-9-6-19(2)20(3)16-22/h6,11-12,15-18,21H,4-5,7-8H2,1-3H3;6,9,13,15-18,21H,4-5,7-8H2,1-3H3. The van der Waals surface area contributed by atoms with E-state index >= 15 is 0 Å². The first-order valence-electron chi connectivity index (χ1n) is 18.8. The number of halogens is 2. The van der Waals surface area contributed by atoms with Crippen molar-refractivity contribution in [3.8, 4) is 47.4 Å². The second kappa shape index (κ2) is 18.5. The minimum absolute atomic E-state index is 0.283. The van der Waals surface area contributed by atoms with Gasteiger partial charge in [-0.2, -0.15) is 0 Å². The summed E-state index contributed by atoms with van der Waals surface area (Å²) < 4.78 is 28.7. The van der Waals surface area contributed by atoms with Gasteiger partial charge in [-0.1, -0.05) is 85.0 Å². The van der Waals surface area contributed by atoms with Crippen LogP contribution in [0.2, 0.25) is 0 Å². The summed E-state index contributed by atoms with van der Waals surface area (Å²) in [5.74, 6) is 26.8. The number of rotatable bonds is 0. The van der Waals surface area contributed by atoms with Crippen molar-refractivity contribution in [1.29, 1.82) is 0 Å². The van der Waals surface area contributed by atoms with Crippen molar-refractivity contribution in [2.45, 2.75) is 92.9 Å². The predicted octanol–water partition coefficient (Wildman–Crippen LogP) is 12.0. The van der Waals surface area contributed by atoms with Crippen molar-refractivity contribution in [2.24, 2.45) is 23.7 Å². The Labute approximate surface area is 311 Å². The van der Waals surface area contributed by atoms with Gasteiger partial charge in [-0.25, -0.2) is 8.78 Å². The molecule has 0 spiro atoms. The van der Waals surface area contributed by atoms with E-state index in [1.165, 1.54) is 54.5 Å². The summed E-state index contributed by atoms with van der Waals surface area (Å²) in [6.07, 6.45) is 9.46. The van der Waals surface area contributed by atoms with E-state index in [0.717, 1.165) is 54.2 Å². The second-order valence-corrected chi connectivity index (χ2v) is 15.0. The van der Waals surface area contributed by atoms with E-state index in [1.54, 1.807) is 12.1 Å². The molecule has 0 bridgehead atoms. The molecule has 0 unspecified atom stereocenters. The van der Waals surface area contributed by atoms with E-state index in [-0.39, 0.29) is 11.6 Å². The zero-order valence-corrected chi connectivity index (χ0v) is 31.7. The molecule has 0 radical (unpaired) electrons. The Morgan fingerprint density at radius 3 is 1.33 bits per heavy atom. The SMILES string of the molecule is Cc1ccc(C#Cc2ccc(C#CC3CCC(C)CC3)c(F)c2)c(C)c1.Cc1ccc(C#Cc2ccc(C#CC3CCC(C)CC3)c(F)c2)cc1C. The van der Waals surface area contributed by atoms with Gasteiger partial charge in [0.05, 0.1) is 11.1 Å². The third-order valence-electron chi connectivity index (χ3n) is 10.4. The lowest BCUT2D eigenvalue weighted by molar-refractivity contribution is 0.337. The first kappa shape index (κ1) is 38.2. The molecule has 4 aromatic rings. The topological polar surface area (TPSA) is 0 Å². The lowest BCUT2D eigenvalue weighted by Crippen LogP contribution is -2.10. The van der Waals surface area contributed by atoms with Gasteiger partial charge in [0, 0.05) is 34.1 Å². The molecule has 0 nitrogen and oxygen atoms in total. The van der Waals surface area contributed by atoms with Crippen LogP contribution in [0.4, 0.5) is 8.78 Å². The molecule has 6 rings (SSSR count).